The lowest BCUT2D eigenvalue weighted by atomic mass is 10.0. The number of primary amides is 1. The van der Waals surface area contributed by atoms with Gasteiger partial charge in [-0.1, -0.05) is 44.2 Å². The highest BCUT2D eigenvalue weighted by Crippen LogP contribution is 2.09. The highest BCUT2D eigenvalue weighted by atomic mass is 16.4. The summed E-state index contributed by atoms with van der Waals surface area (Å²) in [6.07, 6.45) is -1.47. The topological polar surface area (TPSA) is 307 Å². The van der Waals surface area contributed by atoms with Crippen LogP contribution < -0.4 is 44.2 Å². The summed E-state index contributed by atoms with van der Waals surface area (Å²) in [4.78, 5) is 79.7. The number of hydrogen-bond acceptors (Lipinski definition) is 9. The zero-order valence-corrected chi connectivity index (χ0v) is 26.3. The Morgan fingerprint density at radius 3 is 1.87 bits per heavy atom. The van der Waals surface area contributed by atoms with Crippen LogP contribution in [0.1, 0.15) is 52.0 Å². The second-order valence-electron chi connectivity index (χ2n) is 11.2. The van der Waals surface area contributed by atoms with Crippen LogP contribution in [0.3, 0.4) is 0 Å². The summed E-state index contributed by atoms with van der Waals surface area (Å²) in [7, 11) is 0. The Kier molecular flexibility index (Phi) is 16.7. The number of aliphatic imine (C=N–C) groups is 1. The number of carbonyl (C=O) groups excluding carboxylic acids is 5. The maximum atomic E-state index is 13.5. The molecule has 14 N–H and O–H groups in total. The number of rotatable bonds is 20. The zero-order valence-electron chi connectivity index (χ0n) is 26.3. The van der Waals surface area contributed by atoms with Crippen LogP contribution in [0.5, 0.6) is 0 Å². The van der Waals surface area contributed by atoms with Gasteiger partial charge >= 0.3 is 5.97 Å². The van der Waals surface area contributed by atoms with Crippen LogP contribution in [0.25, 0.3) is 0 Å². The van der Waals surface area contributed by atoms with Crippen LogP contribution >= 0.6 is 0 Å². The van der Waals surface area contributed by atoms with E-state index in [1.807, 2.05) is 0 Å². The Labute approximate surface area is 267 Å². The summed E-state index contributed by atoms with van der Waals surface area (Å²) in [5.41, 5.74) is 22.4. The van der Waals surface area contributed by atoms with Crippen molar-refractivity contribution < 1.29 is 39.0 Å². The smallest absolute Gasteiger partial charge is 0.326 e. The molecule has 6 atom stereocenters. The molecule has 1 rings (SSSR count). The minimum atomic E-state index is -1.58. The molecule has 46 heavy (non-hydrogen) atoms. The lowest BCUT2D eigenvalue weighted by Crippen LogP contribution is -2.61. The summed E-state index contributed by atoms with van der Waals surface area (Å²) in [5, 5.41) is 29.5. The predicted molar refractivity (Wildman–Crippen MR) is 168 cm³/mol. The van der Waals surface area contributed by atoms with E-state index in [0.717, 1.165) is 0 Å². The third-order valence-corrected chi connectivity index (χ3v) is 6.83. The van der Waals surface area contributed by atoms with Crippen molar-refractivity contribution in [2.24, 2.45) is 33.8 Å². The van der Waals surface area contributed by atoms with Crippen molar-refractivity contribution in [3.63, 3.8) is 0 Å². The van der Waals surface area contributed by atoms with Gasteiger partial charge in [0.25, 0.3) is 0 Å². The third-order valence-electron chi connectivity index (χ3n) is 6.83. The summed E-state index contributed by atoms with van der Waals surface area (Å²) < 4.78 is 0. The predicted octanol–water partition coefficient (Wildman–Crippen LogP) is -3.06. The maximum absolute atomic E-state index is 13.5. The highest BCUT2D eigenvalue weighted by Gasteiger charge is 2.34. The molecule has 0 aliphatic carbocycles. The number of nitrogens with zero attached hydrogens (tertiary/aromatic N) is 1. The summed E-state index contributed by atoms with van der Waals surface area (Å²) in [6, 6.07) is 1.96. The van der Waals surface area contributed by atoms with Gasteiger partial charge in [-0.2, -0.15) is 0 Å². The van der Waals surface area contributed by atoms with Crippen molar-refractivity contribution in [2.45, 2.75) is 89.2 Å². The van der Waals surface area contributed by atoms with Crippen molar-refractivity contribution >= 4 is 41.5 Å². The van der Waals surface area contributed by atoms with E-state index in [1.54, 1.807) is 44.2 Å². The number of aliphatic hydroxyl groups excluding tert-OH is 1. The number of nitrogens with two attached hydrogens (primary N) is 4. The maximum Gasteiger partial charge on any atom is 0.326 e. The highest BCUT2D eigenvalue weighted by molar-refractivity contribution is 5.96. The first-order chi connectivity index (χ1) is 21.5. The van der Waals surface area contributed by atoms with E-state index in [0.29, 0.717) is 12.0 Å². The average molecular weight is 650 g/mol. The Balaban J connectivity index is 3.22. The molecule has 0 fully saturated rings. The molecule has 0 heterocycles. The van der Waals surface area contributed by atoms with Crippen LogP contribution in [-0.2, 0) is 35.2 Å². The number of guanidine groups is 1. The Bertz CT molecular complexity index is 1220. The van der Waals surface area contributed by atoms with Gasteiger partial charge in [-0.15, -0.1) is 0 Å². The average Bonchev–Trinajstić information content (AvgIpc) is 2.97. The Morgan fingerprint density at radius 1 is 0.783 bits per heavy atom. The van der Waals surface area contributed by atoms with Gasteiger partial charge in [0.05, 0.1) is 12.1 Å². The summed E-state index contributed by atoms with van der Waals surface area (Å²) in [6.45, 7) is 4.61. The van der Waals surface area contributed by atoms with E-state index < -0.39 is 77.7 Å². The molecular weight excluding hydrogens is 602 g/mol. The molecule has 0 saturated heterocycles. The fourth-order valence-corrected chi connectivity index (χ4v) is 4.23. The fraction of sp³-hybridized carbons (Fsp3) is 0.552. The second-order valence-corrected chi connectivity index (χ2v) is 11.2. The van der Waals surface area contributed by atoms with E-state index in [4.69, 9.17) is 22.9 Å². The number of benzene rings is 1. The molecule has 5 amide bonds. The summed E-state index contributed by atoms with van der Waals surface area (Å²) >= 11 is 0. The standard InChI is InChI=1S/C29H47N9O8/c1-15(2)22(28(45)46)37-27(44)23(16(3)39)38-26(43)20(14-17-8-5-4-6-9-17)36-25(42)19(11-12-21(31)40)35-24(41)18(30)10-7-13-34-29(32)33/h4-6,8-9,15-16,18-20,22-23,39H,7,10-14,30H2,1-3H3,(H2,31,40)(H,35,41)(H,36,42)(H,37,44)(H,38,43)(H,45,46)(H4,32,33,34)/t16-,18+,19+,20+,22+,23+/m1/s1. The largest absolute Gasteiger partial charge is 0.480 e. The minimum Gasteiger partial charge on any atom is -0.480 e. The Morgan fingerprint density at radius 2 is 1.35 bits per heavy atom. The molecule has 17 heteroatoms. The monoisotopic (exact) mass is 649 g/mol. The van der Waals surface area contributed by atoms with Crippen molar-refractivity contribution in [1.82, 2.24) is 21.3 Å². The van der Waals surface area contributed by atoms with Crippen LogP contribution in [0.4, 0.5) is 0 Å². The molecule has 0 radical (unpaired) electrons. The first kappa shape index (κ1) is 39.3. The number of carboxylic acids is 1. The van der Waals surface area contributed by atoms with Gasteiger partial charge in [-0.25, -0.2) is 4.79 Å². The van der Waals surface area contributed by atoms with Gasteiger partial charge in [0.1, 0.15) is 24.2 Å². The number of carboxylic acid groups (broad SMARTS) is 1. The molecule has 0 aliphatic heterocycles. The molecule has 0 unspecified atom stereocenters. The van der Waals surface area contributed by atoms with Crippen molar-refractivity contribution in [2.75, 3.05) is 6.54 Å². The second kappa shape index (κ2) is 19.6. The molecular formula is C29H47N9O8. The molecule has 0 saturated carbocycles. The van der Waals surface area contributed by atoms with E-state index in [2.05, 4.69) is 26.3 Å². The number of aliphatic carboxylic acids is 1. The molecule has 0 spiro atoms. The van der Waals surface area contributed by atoms with Gasteiger partial charge in [0.15, 0.2) is 5.96 Å². The van der Waals surface area contributed by atoms with E-state index >= 15 is 0 Å². The van der Waals surface area contributed by atoms with Crippen molar-refractivity contribution in [3.05, 3.63) is 35.9 Å². The quantitative estimate of drug-likeness (QED) is 0.0384. The molecule has 17 nitrogen and oxygen atoms in total. The minimum absolute atomic E-state index is 0.0723. The normalized spacial score (nSPS) is 14.8. The number of aliphatic hydroxyl groups is 1. The van der Waals surface area contributed by atoms with E-state index in [1.165, 1.54) is 6.92 Å². The molecule has 0 bridgehead atoms. The van der Waals surface area contributed by atoms with Gasteiger partial charge < -0.3 is 54.4 Å². The number of amides is 5. The number of nitrogens with one attached hydrogen (secondary N) is 4. The first-order valence-corrected chi connectivity index (χ1v) is 14.8. The third kappa shape index (κ3) is 14.3. The first-order valence-electron chi connectivity index (χ1n) is 14.8. The Hall–Kier alpha value is -4.77. The van der Waals surface area contributed by atoms with Gasteiger partial charge in [-0.05, 0) is 37.7 Å². The van der Waals surface area contributed by atoms with Crippen LogP contribution in [0.15, 0.2) is 35.3 Å². The SMILES string of the molecule is CC(C)[C@H](NC(=O)[C@@H](NC(=O)[C@H](Cc1ccccc1)NC(=O)[C@H](CCC(N)=O)NC(=O)[C@@H](N)CCCN=C(N)N)[C@@H](C)O)C(=O)O. The van der Waals surface area contributed by atoms with Gasteiger partial charge in [0, 0.05) is 19.4 Å². The fourth-order valence-electron chi connectivity index (χ4n) is 4.23. The molecule has 1 aromatic carbocycles. The molecule has 0 aliphatic rings. The molecule has 0 aromatic heterocycles. The molecule has 1 aromatic rings. The number of hydrogen-bond donors (Lipinski definition) is 10. The summed E-state index contributed by atoms with van der Waals surface area (Å²) in [5.74, 6) is -6.04. The van der Waals surface area contributed by atoms with Crippen LogP contribution in [0.2, 0.25) is 0 Å². The number of carbonyl (C=O) groups is 6. The van der Waals surface area contributed by atoms with Gasteiger partial charge in [0.2, 0.25) is 29.5 Å². The lowest BCUT2D eigenvalue weighted by Gasteiger charge is -2.28. The van der Waals surface area contributed by atoms with Crippen LogP contribution in [-0.4, -0.2) is 94.5 Å². The van der Waals surface area contributed by atoms with Crippen molar-refractivity contribution in [1.29, 1.82) is 0 Å². The van der Waals surface area contributed by atoms with Crippen LogP contribution in [0, 0.1) is 5.92 Å². The van der Waals surface area contributed by atoms with E-state index in [9.17, 15) is 39.0 Å². The van der Waals surface area contributed by atoms with Gasteiger partial charge in [-0.3, -0.25) is 29.0 Å². The molecule has 256 valence electrons. The van der Waals surface area contributed by atoms with E-state index in [-0.39, 0.29) is 38.2 Å². The van der Waals surface area contributed by atoms with Crippen molar-refractivity contribution in [3.8, 4) is 0 Å². The zero-order chi connectivity index (χ0) is 35.0. The lowest BCUT2D eigenvalue weighted by molar-refractivity contribution is -0.144.